The fourth-order valence-electron chi connectivity index (χ4n) is 2.95. The van der Waals surface area contributed by atoms with E-state index in [4.69, 9.17) is 4.74 Å². The highest BCUT2D eigenvalue weighted by Gasteiger charge is 2.37. The Hall–Kier alpha value is -3.20. The van der Waals surface area contributed by atoms with E-state index in [-0.39, 0.29) is 16.8 Å². The van der Waals surface area contributed by atoms with Gasteiger partial charge in [-0.15, -0.1) is 5.10 Å². The van der Waals surface area contributed by atoms with Crippen LogP contribution >= 0.6 is 11.8 Å². The van der Waals surface area contributed by atoms with E-state index >= 15 is 0 Å². The van der Waals surface area contributed by atoms with Crippen molar-refractivity contribution < 1.29 is 14.5 Å². The van der Waals surface area contributed by atoms with Crippen molar-refractivity contribution in [3.8, 4) is 5.75 Å². The number of nitrogens with zero attached hydrogens (tertiary/aromatic N) is 4. The average molecular weight is 426 g/mol. The standard InChI is InChI=1S/C21H22N4O4S/c1-3-5-19-20(26)24(14-15-8-10-18(29-2)11-9-15)21(30-19)23-22-13-16-6-4-7-17(12-16)25(27)28/h4,6-13,19H,3,5,14H2,1-2H3/b22-13+,23-21+. The summed E-state index contributed by atoms with van der Waals surface area (Å²) in [6.45, 7) is 2.43. The highest BCUT2D eigenvalue weighted by molar-refractivity contribution is 8.15. The van der Waals surface area contributed by atoms with Gasteiger partial charge in [0.05, 0.1) is 30.0 Å². The molecule has 0 spiro atoms. The first-order valence-corrected chi connectivity index (χ1v) is 10.4. The molecule has 156 valence electrons. The Morgan fingerprint density at radius 1 is 1.27 bits per heavy atom. The van der Waals surface area contributed by atoms with E-state index in [1.165, 1.54) is 30.1 Å². The molecular formula is C21H22N4O4S. The van der Waals surface area contributed by atoms with Gasteiger partial charge in [-0.1, -0.05) is 49.4 Å². The second-order valence-electron chi connectivity index (χ2n) is 6.65. The molecule has 0 saturated carbocycles. The second kappa shape index (κ2) is 10.0. The van der Waals surface area contributed by atoms with E-state index in [1.54, 1.807) is 24.1 Å². The van der Waals surface area contributed by atoms with Gasteiger partial charge >= 0.3 is 0 Å². The Morgan fingerprint density at radius 2 is 2.03 bits per heavy atom. The molecule has 1 fully saturated rings. The number of non-ortho nitro benzene ring substituents is 1. The van der Waals surface area contributed by atoms with Crippen molar-refractivity contribution in [2.24, 2.45) is 10.2 Å². The fourth-order valence-corrected chi connectivity index (χ4v) is 4.17. The van der Waals surface area contributed by atoms with Crippen LogP contribution in [0.15, 0.2) is 58.7 Å². The number of nitro groups is 1. The Labute approximate surface area is 178 Å². The molecule has 0 aromatic heterocycles. The summed E-state index contributed by atoms with van der Waals surface area (Å²) in [5.74, 6) is 0.766. The lowest BCUT2D eigenvalue weighted by Gasteiger charge is -2.16. The highest BCUT2D eigenvalue weighted by atomic mass is 32.2. The van der Waals surface area contributed by atoms with Crippen LogP contribution in [-0.2, 0) is 11.3 Å². The fraction of sp³-hybridized carbons (Fsp3) is 0.286. The monoisotopic (exact) mass is 426 g/mol. The number of thioether (sulfide) groups is 1. The first kappa shape index (κ1) is 21.5. The molecule has 30 heavy (non-hydrogen) atoms. The predicted octanol–water partition coefficient (Wildman–Crippen LogP) is 4.24. The zero-order valence-corrected chi connectivity index (χ0v) is 17.5. The van der Waals surface area contributed by atoms with Crippen molar-refractivity contribution in [3.05, 3.63) is 69.8 Å². The zero-order valence-electron chi connectivity index (χ0n) is 16.7. The summed E-state index contributed by atoms with van der Waals surface area (Å²) in [5.41, 5.74) is 1.51. The molecule has 2 aromatic rings. The van der Waals surface area contributed by atoms with E-state index in [2.05, 4.69) is 10.2 Å². The number of carbonyl (C=O) groups is 1. The van der Waals surface area contributed by atoms with Gasteiger partial charge in [0.25, 0.3) is 5.69 Å². The van der Waals surface area contributed by atoms with E-state index in [0.29, 0.717) is 17.3 Å². The molecular weight excluding hydrogens is 404 g/mol. The molecule has 0 N–H and O–H groups in total. The number of rotatable bonds is 8. The number of methoxy groups -OCH3 is 1. The average Bonchev–Trinajstić information content (AvgIpc) is 3.04. The quantitative estimate of drug-likeness (QED) is 0.357. The number of hydrogen-bond acceptors (Lipinski definition) is 7. The minimum Gasteiger partial charge on any atom is -0.497 e. The Balaban J connectivity index is 1.80. The third-order valence-corrected chi connectivity index (χ3v) is 5.74. The summed E-state index contributed by atoms with van der Waals surface area (Å²) in [4.78, 5) is 24.9. The molecule has 1 aliphatic heterocycles. The maximum absolute atomic E-state index is 12.9. The van der Waals surface area contributed by atoms with Crippen molar-refractivity contribution in [3.63, 3.8) is 0 Å². The highest BCUT2D eigenvalue weighted by Crippen LogP contribution is 2.32. The summed E-state index contributed by atoms with van der Waals surface area (Å²) >= 11 is 1.40. The molecule has 2 aromatic carbocycles. The lowest BCUT2D eigenvalue weighted by atomic mass is 10.2. The Morgan fingerprint density at radius 3 is 2.70 bits per heavy atom. The molecule has 0 aliphatic carbocycles. The van der Waals surface area contributed by atoms with Crippen LogP contribution in [-0.4, -0.2) is 39.5 Å². The summed E-state index contributed by atoms with van der Waals surface area (Å²) in [6.07, 6.45) is 3.10. The normalized spacial score (nSPS) is 17.8. The second-order valence-corrected chi connectivity index (χ2v) is 7.82. The largest absolute Gasteiger partial charge is 0.497 e. The van der Waals surface area contributed by atoms with E-state index in [0.717, 1.165) is 24.2 Å². The maximum atomic E-state index is 12.9. The molecule has 1 aliphatic rings. The van der Waals surface area contributed by atoms with Crippen molar-refractivity contribution >= 4 is 34.7 Å². The van der Waals surface area contributed by atoms with E-state index < -0.39 is 4.92 Å². The third-order valence-electron chi connectivity index (χ3n) is 4.50. The zero-order chi connectivity index (χ0) is 21.5. The SMILES string of the molecule is CCCC1S/C(=N/N=C/c2cccc([N+](=O)[O-])c2)N(Cc2ccc(OC)cc2)C1=O. The molecule has 8 nitrogen and oxygen atoms in total. The molecule has 0 bridgehead atoms. The van der Waals surface area contributed by atoms with Crippen LogP contribution in [0.2, 0.25) is 0 Å². The number of carbonyl (C=O) groups excluding carboxylic acids is 1. The number of ether oxygens (including phenoxy) is 1. The van der Waals surface area contributed by atoms with Crippen LogP contribution in [0.3, 0.4) is 0 Å². The summed E-state index contributed by atoms with van der Waals surface area (Å²) < 4.78 is 5.18. The van der Waals surface area contributed by atoms with Gasteiger partial charge in [-0.05, 0) is 24.1 Å². The van der Waals surface area contributed by atoms with Gasteiger partial charge in [0.15, 0.2) is 5.17 Å². The minimum absolute atomic E-state index is 0.0128. The maximum Gasteiger partial charge on any atom is 0.270 e. The van der Waals surface area contributed by atoms with Gasteiger partial charge in [0.1, 0.15) is 5.75 Å². The number of amides is 1. The van der Waals surface area contributed by atoms with Crippen LogP contribution in [0.25, 0.3) is 0 Å². The predicted molar refractivity (Wildman–Crippen MR) is 118 cm³/mol. The summed E-state index contributed by atoms with van der Waals surface area (Å²) in [5, 5.41) is 19.6. The number of benzene rings is 2. The first-order valence-electron chi connectivity index (χ1n) is 9.48. The summed E-state index contributed by atoms with van der Waals surface area (Å²) in [6, 6.07) is 13.7. The molecule has 1 atom stereocenters. The number of nitro benzene ring substituents is 1. The van der Waals surface area contributed by atoms with Crippen LogP contribution in [0.5, 0.6) is 5.75 Å². The topological polar surface area (TPSA) is 97.4 Å². The van der Waals surface area contributed by atoms with Gasteiger partial charge in [-0.2, -0.15) is 5.10 Å². The Kier molecular flexibility index (Phi) is 7.18. The minimum atomic E-state index is -0.458. The van der Waals surface area contributed by atoms with Crippen molar-refractivity contribution in [2.75, 3.05) is 7.11 Å². The van der Waals surface area contributed by atoms with Crippen LogP contribution < -0.4 is 4.74 Å². The van der Waals surface area contributed by atoms with E-state index in [9.17, 15) is 14.9 Å². The lowest BCUT2D eigenvalue weighted by molar-refractivity contribution is -0.384. The van der Waals surface area contributed by atoms with Crippen LogP contribution in [0.1, 0.15) is 30.9 Å². The molecule has 1 unspecified atom stereocenters. The molecule has 1 amide bonds. The smallest absolute Gasteiger partial charge is 0.270 e. The lowest BCUT2D eigenvalue weighted by Crippen LogP contribution is -2.31. The third kappa shape index (κ3) is 5.24. The summed E-state index contributed by atoms with van der Waals surface area (Å²) in [7, 11) is 1.61. The van der Waals surface area contributed by atoms with Crippen molar-refractivity contribution in [1.82, 2.24) is 4.90 Å². The first-order chi connectivity index (χ1) is 14.5. The van der Waals surface area contributed by atoms with Gasteiger partial charge in [-0.3, -0.25) is 19.8 Å². The van der Waals surface area contributed by atoms with Gasteiger partial charge in [0.2, 0.25) is 5.91 Å². The molecule has 9 heteroatoms. The Bertz CT molecular complexity index is 975. The van der Waals surface area contributed by atoms with Crippen LogP contribution in [0, 0.1) is 10.1 Å². The molecule has 1 heterocycles. The number of amidine groups is 1. The number of hydrogen-bond donors (Lipinski definition) is 0. The molecule has 0 radical (unpaired) electrons. The van der Waals surface area contributed by atoms with Crippen molar-refractivity contribution in [2.45, 2.75) is 31.6 Å². The van der Waals surface area contributed by atoms with Gasteiger partial charge in [-0.25, -0.2) is 0 Å². The molecule has 3 rings (SSSR count). The van der Waals surface area contributed by atoms with Crippen molar-refractivity contribution in [1.29, 1.82) is 0 Å². The van der Waals surface area contributed by atoms with Gasteiger partial charge in [0, 0.05) is 17.7 Å². The van der Waals surface area contributed by atoms with Crippen LogP contribution in [0.4, 0.5) is 5.69 Å². The van der Waals surface area contributed by atoms with E-state index in [1.807, 2.05) is 31.2 Å². The molecule has 1 saturated heterocycles. The van der Waals surface area contributed by atoms with Gasteiger partial charge < -0.3 is 4.74 Å².